The van der Waals surface area contributed by atoms with Crippen LogP contribution < -0.4 is 5.32 Å². The lowest BCUT2D eigenvalue weighted by Gasteiger charge is -2.40. The second kappa shape index (κ2) is 8.43. The summed E-state index contributed by atoms with van der Waals surface area (Å²) in [7, 11) is 1.90. The number of ether oxygens (including phenoxy) is 1. The first-order valence-electron chi connectivity index (χ1n) is 10.1. The number of nitrogens with zero attached hydrogens (tertiary/aromatic N) is 2. The van der Waals surface area contributed by atoms with Gasteiger partial charge in [0.25, 0.3) is 0 Å². The minimum absolute atomic E-state index is 0.183. The van der Waals surface area contributed by atoms with Crippen LogP contribution >= 0.6 is 0 Å². The van der Waals surface area contributed by atoms with Gasteiger partial charge in [-0.2, -0.15) is 0 Å². The molecule has 144 valence electrons. The number of hydrogen-bond donors (Lipinski definition) is 1. The molecular formula is C22H35N3O. The number of nitrogens with one attached hydrogen (secondary N) is 1. The van der Waals surface area contributed by atoms with Crippen LogP contribution in [0.1, 0.15) is 51.5 Å². The van der Waals surface area contributed by atoms with Crippen LogP contribution in [0.4, 0.5) is 0 Å². The molecule has 0 saturated carbocycles. The molecule has 0 aliphatic carbocycles. The predicted octanol–water partition coefficient (Wildman–Crippen LogP) is 3.89. The number of aliphatic imine (C=N–C) groups is 1. The Labute approximate surface area is 159 Å². The summed E-state index contributed by atoms with van der Waals surface area (Å²) < 4.78 is 6.13. The topological polar surface area (TPSA) is 36.9 Å². The van der Waals surface area contributed by atoms with E-state index in [9.17, 15) is 0 Å². The number of likely N-dealkylation sites (tertiary alicyclic amines) is 1. The van der Waals surface area contributed by atoms with Gasteiger partial charge in [-0.25, -0.2) is 0 Å². The molecule has 2 fully saturated rings. The molecule has 3 atom stereocenters. The van der Waals surface area contributed by atoms with Gasteiger partial charge in [0, 0.05) is 45.1 Å². The van der Waals surface area contributed by atoms with Crippen LogP contribution in [0.25, 0.3) is 0 Å². The summed E-state index contributed by atoms with van der Waals surface area (Å²) in [6.45, 7) is 10.8. The molecule has 3 unspecified atom stereocenters. The maximum absolute atomic E-state index is 6.13. The molecule has 1 aromatic rings. The minimum Gasteiger partial charge on any atom is -0.377 e. The van der Waals surface area contributed by atoms with Crippen molar-refractivity contribution in [3.8, 4) is 0 Å². The Kier molecular flexibility index (Phi) is 6.23. The summed E-state index contributed by atoms with van der Waals surface area (Å²) in [5.74, 6) is 2.20. The van der Waals surface area contributed by atoms with E-state index >= 15 is 0 Å². The normalized spacial score (nSPS) is 27.6. The molecule has 2 saturated heterocycles. The molecule has 2 aliphatic rings. The van der Waals surface area contributed by atoms with Crippen molar-refractivity contribution in [3.63, 3.8) is 0 Å². The highest BCUT2D eigenvalue weighted by Gasteiger charge is 2.35. The van der Waals surface area contributed by atoms with Crippen molar-refractivity contribution < 1.29 is 4.74 Å². The van der Waals surface area contributed by atoms with Gasteiger partial charge in [-0.05, 0) is 30.2 Å². The fourth-order valence-corrected chi connectivity index (χ4v) is 4.51. The van der Waals surface area contributed by atoms with Gasteiger partial charge in [-0.1, -0.05) is 51.1 Å². The molecule has 1 N–H and O–H groups in total. The van der Waals surface area contributed by atoms with Crippen LogP contribution in [0.3, 0.4) is 0 Å². The van der Waals surface area contributed by atoms with Crippen LogP contribution in [-0.4, -0.2) is 50.3 Å². The summed E-state index contributed by atoms with van der Waals surface area (Å²) >= 11 is 0. The van der Waals surface area contributed by atoms with E-state index in [2.05, 4.69) is 66.3 Å². The molecule has 0 amide bonds. The number of benzene rings is 1. The lowest BCUT2D eigenvalue weighted by molar-refractivity contribution is -0.0836. The van der Waals surface area contributed by atoms with Gasteiger partial charge in [0.2, 0.25) is 0 Å². The van der Waals surface area contributed by atoms with E-state index in [1.165, 1.54) is 18.4 Å². The predicted molar refractivity (Wildman–Crippen MR) is 109 cm³/mol. The molecule has 26 heavy (non-hydrogen) atoms. The maximum atomic E-state index is 6.13. The highest BCUT2D eigenvalue weighted by molar-refractivity contribution is 5.80. The molecule has 0 radical (unpaired) electrons. The average molecular weight is 358 g/mol. The van der Waals surface area contributed by atoms with Gasteiger partial charge < -0.3 is 15.0 Å². The first kappa shape index (κ1) is 19.2. The zero-order valence-corrected chi connectivity index (χ0v) is 16.9. The molecule has 3 rings (SSSR count). The van der Waals surface area contributed by atoms with Crippen LogP contribution in [0.15, 0.2) is 35.3 Å². The van der Waals surface area contributed by atoms with E-state index in [0.717, 1.165) is 38.6 Å². The first-order chi connectivity index (χ1) is 12.5. The van der Waals surface area contributed by atoms with Crippen LogP contribution in [0.5, 0.6) is 0 Å². The van der Waals surface area contributed by atoms with Gasteiger partial charge in [0.05, 0.1) is 6.10 Å². The number of rotatable bonds is 3. The van der Waals surface area contributed by atoms with Crippen molar-refractivity contribution in [2.75, 3.05) is 33.3 Å². The molecule has 2 aliphatic heterocycles. The van der Waals surface area contributed by atoms with Crippen LogP contribution in [0, 0.1) is 11.3 Å². The van der Waals surface area contributed by atoms with E-state index in [1.807, 2.05) is 7.05 Å². The Balaban J connectivity index is 1.57. The van der Waals surface area contributed by atoms with Crippen LogP contribution in [0.2, 0.25) is 0 Å². The molecular weight excluding hydrogens is 322 g/mol. The van der Waals surface area contributed by atoms with Crippen molar-refractivity contribution in [2.45, 2.75) is 52.1 Å². The third-order valence-corrected chi connectivity index (χ3v) is 5.79. The van der Waals surface area contributed by atoms with Crippen molar-refractivity contribution in [1.29, 1.82) is 0 Å². The summed E-state index contributed by atoms with van der Waals surface area (Å²) in [6, 6.07) is 10.9. The van der Waals surface area contributed by atoms with E-state index in [-0.39, 0.29) is 5.41 Å². The molecule has 0 spiro atoms. The zero-order chi connectivity index (χ0) is 18.6. The summed E-state index contributed by atoms with van der Waals surface area (Å²) in [6.07, 6.45) is 3.91. The lowest BCUT2D eigenvalue weighted by Crippen LogP contribution is -2.48. The summed E-state index contributed by atoms with van der Waals surface area (Å²) in [4.78, 5) is 6.97. The van der Waals surface area contributed by atoms with Crippen LogP contribution in [-0.2, 0) is 4.74 Å². The van der Waals surface area contributed by atoms with E-state index in [1.54, 1.807) is 0 Å². The number of guanidine groups is 1. The zero-order valence-electron chi connectivity index (χ0n) is 16.9. The van der Waals surface area contributed by atoms with E-state index in [4.69, 9.17) is 4.74 Å². The average Bonchev–Trinajstić information content (AvgIpc) is 3.12. The van der Waals surface area contributed by atoms with Gasteiger partial charge >= 0.3 is 0 Å². The van der Waals surface area contributed by atoms with Gasteiger partial charge in [-0.3, -0.25) is 4.99 Å². The van der Waals surface area contributed by atoms with Crippen molar-refractivity contribution in [2.24, 2.45) is 16.3 Å². The molecule has 1 aromatic carbocycles. The largest absolute Gasteiger partial charge is 0.377 e. The molecule has 4 nitrogen and oxygen atoms in total. The van der Waals surface area contributed by atoms with Crippen molar-refractivity contribution >= 4 is 5.96 Å². The Morgan fingerprint density at radius 2 is 2.00 bits per heavy atom. The Morgan fingerprint density at radius 1 is 1.23 bits per heavy atom. The fourth-order valence-electron chi connectivity index (χ4n) is 4.51. The minimum atomic E-state index is 0.183. The standard InChI is InChI=1S/C22H35N3O/c1-22(2,3)20-18(11-8-14-26-20)15-24-21(23-4)25-13-12-19(16-25)17-9-6-5-7-10-17/h5-7,9-10,18-20H,8,11-16H2,1-4H3,(H,23,24). The van der Waals surface area contributed by atoms with Gasteiger partial charge in [0.1, 0.15) is 0 Å². The monoisotopic (exact) mass is 357 g/mol. The molecule has 2 heterocycles. The Morgan fingerprint density at radius 3 is 2.69 bits per heavy atom. The molecule has 0 aromatic heterocycles. The Hall–Kier alpha value is -1.55. The first-order valence-corrected chi connectivity index (χ1v) is 10.1. The molecule has 4 heteroatoms. The number of hydrogen-bond acceptors (Lipinski definition) is 2. The van der Waals surface area contributed by atoms with Gasteiger partial charge in [0.15, 0.2) is 5.96 Å². The van der Waals surface area contributed by atoms with E-state index < -0.39 is 0 Å². The fraction of sp³-hybridized carbons (Fsp3) is 0.682. The SMILES string of the molecule is CN=C(NCC1CCCOC1C(C)(C)C)N1CCC(c2ccccc2)C1. The summed E-state index contributed by atoms with van der Waals surface area (Å²) in [5, 5.41) is 3.65. The smallest absolute Gasteiger partial charge is 0.193 e. The third kappa shape index (κ3) is 4.59. The second-order valence-electron chi connectivity index (χ2n) is 8.83. The van der Waals surface area contributed by atoms with Crippen molar-refractivity contribution in [1.82, 2.24) is 10.2 Å². The molecule has 0 bridgehead atoms. The second-order valence-corrected chi connectivity index (χ2v) is 8.83. The third-order valence-electron chi connectivity index (χ3n) is 5.79. The quantitative estimate of drug-likeness (QED) is 0.659. The van der Waals surface area contributed by atoms with Crippen molar-refractivity contribution in [3.05, 3.63) is 35.9 Å². The Bertz CT molecular complexity index is 593. The maximum Gasteiger partial charge on any atom is 0.193 e. The highest BCUT2D eigenvalue weighted by atomic mass is 16.5. The summed E-state index contributed by atoms with van der Waals surface area (Å²) in [5.41, 5.74) is 1.63. The lowest BCUT2D eigenvalue weighted by atomic mass is 9.78. The van der Waals surface area contributed by atoms with E-state index in [0.29, 0.717) is 17.9 Å². The van der Waals surface area contributed by atoms with Gasteiger partial charge in [-0.15, -0.1) is 0 Å². The highest BCUT2D eigenvalue weighted by Crippen LogP contribution is 2.34.